The van der Waals surface area contributed by atoms with Gasteiger partial charge in [-0.3, -0.25) is 9.69 Å². The Hall–Kier alpha value is -2.81. The van der Waals surface area contributed by atoms with Crippen molar-refractivity contribution in [2.45, 2.75) is 24.4 Å². The van der Waals surface area contributed by atoms with Crippen LogP contribution in [0.25, 0.3) is 0 Å². The van der Waals surface area contributed by atoms with E-state index in [1.807, 2.05) is 37.6 Å². The van der Waals surface area contributed by atoms with Crippen molar-refractivity contribution in [3.8, 4) is 5.75 Å². The molecule has 0 unspecified atom stereocenters. The van der Waals surface area contributed by atoms with Crippen LogP contribution in [0.1, 0.15) is 22.9 Å². The second-order valence-corrected chi connectivity index (χ2v) is 9.30. The number of hydrogen-bond donors (Lipinski definition) is 1. The van der Waals surface area contributed by atoms with Gasteiger partial charge in [-0.05, 0) is 49.1 Å². The van der Waals surface area contributed by atoms with Crippen LogP contribution in [0.2, 0.25) is 0 Å². The highest BCUT2D eigenvalue weighted by Crippen LogP contribution is 2.34. The molecular weight excluding hydrogens is 448 g/mol. The fourth-order valence-electron chi connectivity index (χ4n) is 4.58. The van der Waals surface area contributed by atoms with Gasteiger partial charge in [-0.25, -0.2) is 4.98 Å². The Bertz CT molecular complexity index is 1140. The van der Waals surface area contributed by atoms with Crippen LogP contribution in [0.4, 0.5) is 5.82 Å². The van der Waals surface area contributed by atoms with E-state index in [4.69, 9.17) is 4.74 Å². The third-order valence-corrected chi connectivity index (χ3v) is 7.14. The molecule has 1 N–H and O–H groups in total. The summed E-state index contributed by atoms with van der Waals surface area (Å²) in [5, 5.41) is 11.0. The van der Waals surface area contributed by atoms with E-state index < -0.39 is 0 Å². The number of benzene rings is 1. The maximum Gasteiger partial charge on any atom is 0.259 e. The van der Waals surface area contributed by atoms with Crippen LogP contribution >= 0.6 is 11.8 Å². The normalized spacial score (nSPS) is 15.4. The minimum Gasteiger partial charge on any atom is -0.507 e. The largest absolute Gasteiger partial charge is 0.507 e. The average molecular weight is 481 g/mol. The van der Waals surface area contributed by atoms with E-state index in [2.05, 4.69) is 39.0 Å². The van der Waals surface area contributed by atoms with Gasteiger partial charge in [0, 0.05) is 56.6 Å². The van der Waals surface area contributed by atoms with Crippen molar-refractivity contribution in [1.82, 2.24) is 14.5 Å². The molecule has 1 saturated heterocycles. The van der Waals surface area contributed by atoms with Crippen molar-refractivity contribution < 1.29 is 9.84 Å². The molecule has 0 amide bonds. The molecule has 3 heterocycles. The van der Waals surface area contributed by atoms with Gasteiger partial charge in [0.1, 0.15) is 11.6 Å². The Morgan fingerprint density at radius 3 is 2.47 bits per heavy atom. The van der Waals surface area contributed by atoms with E-state index in [1.54, 1.807) is 29.5 Å². The molecule has 1 atom stereocenters. The first kappa shape index (κ1) is 24.3. The number of aromatic nitrogens is 2. The Morgan fingerprint density at radius 2 is 1.85 bits per heavy atom. The summed E-state index contributed by atoms with van der Waals surface area (Å²) in [5.41, 5.74) is 1.98. The van der Waals surface area contributed by atoms with Crippen molar-refractivity contribution >= 4 is 17.6 Å². The number of anilines is 1. The van der Waals surface area contributed by atoms with Gasteiger partial charge in [0.2, 0.25) is 0 Å². The average Bonchev–Trinajstić information content (AvgIpc) is 2.87. The van der Waals surface area contributed by atoms with Crippen LogP contribution in [-0.4, -0.2) is 65.7 Å². The Labute approximate surface area is 205 Å². The molecule has 0 bridgehead atoms. The maximum absolute atomic E-state index is 13.7. The van der Waals surface area contributed by atoms with Crippen LogP contribution in [-0.2, 0) is 11.3 Å². The topological polar surface area (TPSA) is 70.8 Å². The number of methoxy groups -OCH3 is 1. The van der Waals surface area contributed by atoms with Crippen LogP contribution in [0.15, 0.2) is 64.4 Å². The molecule has 1 aliphatic heterocycles. The van der Waals surface area contributed by atoms with Crippen molar-refractivity contribution in [2.75, 3.05) is 51.1 Å². The van der Waals surface area contributed by atoms with Crippen LogP contribution < -0.4 is 10.5 Å². The molecule has 1 aliphatic rings. The number of thioether (sulfide) groups is 1. The van der Waals surface area contributed by atoms with Crippen molar-refractivity contribution in [2.24, 2.45) is 0 Å². The molecule has 0 saturated carbocycles. The van der Waals surface area contributed by atoms with E-state index in [0.29, 0.717) is 18.7 Å². The molecule has 3 aromatic rings. The lowest BCUT2D eigenvalue weighted by Gasteiger charge is -2.40. The lowest BCUT2D eigenvalue weighted by Crippen LogP contribution is -2.49. The predicted octanol–water partition coefficient (Wildman–Crippen LogP) is 3.54. The summed E-state index contributed by atoms with van der Waals surface area (Å²) in [6.07, 6.45) is 3.86. The molecule has 1 fully saturated rings. The molecule has 2 aromatic heterocycles. The number of aromatic hydroxyl groups is 1. The molecular formula is C26H32N4O3S. The number of rotatable bonds is 8. The number of ether oxygens (including phenoxy) is 1. The zero-order chi connectivity index (χ0) is 24.1. The van der Waals surface area contributed by atoms with Crippen LogP contribution in [0.3, 0.4) is 0 Å². The molecule has 0 radical (unpaired) electrons. The number of nitrogens with zero attached hydrogens (tertiary/aromatic N) is 4. The second kappa shape index (κ2) is 11.1. The van der Waals surface area contributed by atoms with Crippen LogP contribution in [0, 0.1) is 6.92 Å². The van der Waals surface area contributed by atoms with E-state index in [1.165, 1.54) is 0 Å². The first-order valence-electron chi connectivity index (χ1n) is 11.5. The van der Waals surface area contributed by atoms with E-state index in [-0.39, 0.29) is 17.4 Å². The lowest BCUT2D eigenvalue weighted by molar-refractivity contribution is 0.183. The third-order valence-electron chi connectivity index (χ3n) is 6.40. The van der Waals surface area contributed by atoms with Crippen LogP contribution in [0.5, 0.6) is 5.75 Å². The zero-order valence-corrected chi connectivity index (χ0v) is 20.8. The Balaban J connectivity index is 1.72. The molecule has 1 aromatic carbocycles. The number of pyridine rings is 2. The molecule has 0 spiro atoms. The van der Waals surface area contributed by atoms with E-state index in [0.717, 1.165) is 48.1 Å². The minimum absolute atomic E-state index is 0.0438. The number of aryl methyl sites for hydroxylation is 1. The molecule has 34 heavy (non-hydrogen) atoms. The summed E-state index contributed by atoms with van der Waals surface area (Å²) in [6, 6.07) is 15.6. The Morgan fingerprint density at radius 1 is 1.12 bits per heavy atom. The van der Waals surface area contributed by atoms with Gasteiger partial charge in [-0.2, -0.15) is 0 Å². The fourth-order valence-corrected chi connectivity index (χ4v) is 4.99. The summed E-state index contributed by atoms with van der Waals surface area (Å²) < 4.78 is 6.92. The smallest absolute Gasteiger partial charge is 0.259 e. The number of hydrogen-bond acceptors (Lipinski definition) is 7. The summed E-state index contributed by atoms with van der Waals surface area (Å²) in [7, 11) is 1.62. The van der Waals surface area contributed by atoms with Crippen molar-refractivity contribution in [3.05, 3.63) is 81.9 Å². The van der Waals surface area contributed by atoms with E-state index in [9.17, 15) is 9.90 Å². The van der Waals surface area contributed by atoms with Crippen molar-refractivity contribution in [1.29, 1.82) is 0 Å². The highest BCUT2D eigenvalue weighted by atomic mass is 32.2. The summed E-state index contributed by atoms with van der Waals surface area (Å²) in [6.45, 7) is 5.80. The SMILES string of the molecule is COCCn1c(C)cc(O)c([C@H](c2ccc(SC)cc2)N2CCN(c3ccccn3)CC2)c1=O. The van der Waals surface area contributed by atoms with Gasteiger partial charge >= 0.3 is 0 Å². The molecule has 0 aliphatic carbocycles. The fraction of sp³-hybridized carbons (Fsp3) is 0.385. The summed E-state index contributed by atoms with van der Waals surface area (Å²) >= 11 is 1.68. The minimum atomic E-state index is -0.344. The standard InChI is InChI=1S/C26H32N4O3S/c1-19-18-22(31)24(26(32)30(19)16-17-33-2)25(20-7-9-21(34-3)10-8-20)29-14-12-28(13-15-29)23-6-4-5-11-27-23/h4-11,18,25,31H,12-17H2,1-3H3/t25-/m0/s1. The third kappa shape index (κ3) is 5.14. The second-order valence-electron chi connectivity index (χ2n) is 8.42. The highest BCUT2D eigenvalue weighted by molar-refractivity contribution is 7.98. The van der Waals surface area contributed by atoms with Gasteiger partial charge < -0.3 is 19.3 Å². The van der Waals surface area contributed by atoms with Gasteiger partial charge in [0.05, 0.1) is 18.2 Å². The first-order valence-corrected chi connectivity index (χ1v) is 12.7. The lowest BCUT2D eigenvalue weighted by atomic mass is 9.96. The van der Waals surface area contributed by atoms with Gasteiger partial charge in [-0.15, -0.1) is 11.8 Å². The first-order chi connectivity index (χ1) is 16.5. The van der Waals surface area contributed by atoms with Gasteiger partial charge in [0.25, 0.3) is 5.56 Å². The van der Waals surface area contributed by atoms with E-state index >= 15 is 0 Å². The molecule has 7 nitrogen and oxygen atoms in total. The molecule has 4 rings (SSSR count). The van der Waals surface area contributed by atoms with Gasteiger partial charge in [0.15, 0.2) is 0 Å². The quantitative estimate of drug-likeness (QED) is 0.495. The monoisotopic (exact) mass is 480 g/mol. The van der Waals surface area contributed by atoms with Crippen molar-refractivity contribution in [3.63, 3.8) is 0 Å². The Kier molecular flexibility index (Phi) is 7.92. The summed E-state index contributed by atoms with van der Waals surface area (Å²) in [5.74, 6) is 1.00. The predicted molar refractivity (Wildman–Crippen MR) is 137 cm³/mol. The maximum atomic E-state index is 13.7. The molecule has 8 heteroatoms. The highest BCUT2D eigenvalue weighted by Gasteiger charge is 2.31. The molecule has 180 valence electrons. The summed E-state index contributed by atoms with van der Waals surface area (Å²) in [4.78, 5) is 23.9. The zero-order valence-electron chi connectivity index (χ0n) is 20.0. The number of piperazine rings is 1. The van der Waals surface area contributed by atoms with Gasteiger partial charge in [-0.1, -0.05) is 18.2 Å².